The predicted molar refractivity (Wildman–Crippen MR) is 91.5 cm³/mol. The van der Waals surface area contributed by atoms with Gasteiger partial charge in [0.2, 0.25) is 0 Å². The molecular formula is C16H19BrN2OS. The van der Waals surface area contributed by atoms with Crippen LogP contribution in [-0.4, -0.2) is 17.5 Å². The Hall–Kier alpha value is -1.33. The summed E-state index contributed by atoms with van der Waals surface area (Å²) in [5.41, 5.74) is 1.08. The maximum Gasteiger partial charge on any atom is 0.318 e. The lowest BCUT2D eigenvalue weighted by Gasteiger charge is -2.24. The van der Waals surface area contributed by atoms with Gasteiger partial charge in [-0.1, -0.05) is 40.2 Å². The van der Waals surface area contributed by atoms with E-state index in [9.17, 15) is 4.79 Å². The normalized spacial score (nSPS) is 12.0. The van der Waals surface area contributed by atoms with Crippen molar-refractivity contribution >= 4 is 33.3 Å². The van der Waals surface area contributed by atoms with Gasteiger partial charge in [0.15, 0.2) is 0 Å². The van der Waals surface area contributed by atoms with Crippen LogP contribution in [0.15, 0.2) is 46.3 Å². The van der Waals surface area contributed by atoms with Gasteiger partial charge in [-0.3, -0.25) is 0 Å². The molecule has 0 spiro atoms. The molecule has 5 heteroatoms. The molecule has 1 aromatic heterocycles. The molecule has 1 unspecified atom stereocenters. The lowest BCUT2D eigenvalue weighted by molar-refractivity contribution is 0.195. The first kappa shape index (κ1) is 16.0. The van der Waals surface area contributed by atoms with E-state index in [-0.39, 0.29) is 12.1 Å². The maximum atomic E-state index is 12.4. The van der Waals surface area contributed by atoms with Crippen LogP contribution in [0.2, 0.25) is 0 Å². The molecule has 112 valence electrons. The van der Waals surface area contributed by atoms with Crippen molar-refractivity contribution < 1.29 is 4.79 Å². The Morgan fingerprint density at radius 1 is 1.33 bits per heavy atom. The summed E-state index contributed by atoms with van der Waals surface area (Å²) in [6, 6.07) is 11.9. The number of hydrogen-bond donors (Lipinski definition) is 1. The van der Waals surface area contributed by atoms with Crippen LogP contribution in [0.3, 0.4) is 0 Å². The van der Waals surface area contributed by atoms with E-state index in [0.29, 0.717) is 13.1 Å². The fraction of sp³-hybridized carbons (Fsp3) is 0.312. The van der Waals surface area contributed by atoms with E-state index in [1.54, 1.807) is 11.3 Å². The van der Waals surface area contributed by atoms with Gasteiger partial charge in [-0.25, -0.2) is 4.79 Å². The Labute approximate surface area is 138 Å². The van der Waals surface area contributed by atoms with Crippen LogP contribution in [0.25, 0.3) is 0 Å². The highest BCUT2D eigenvalue weighted by Gasteiger charge is 2.17. The molecule has 2 aromatic rings. The van der Waals surface area contributed by atoms with Crippen molar-refractivity contribution in [3.05, 3.63) is 56.7 Å². The number of benzene rings is 1. The molecule has 0 bridgehead atoms. The average Bonchev–Trinajstić information content (AvgIpc) is 2.98. The number of nitrogens with zero attached hydrogens (tertiary/aromatic N) is 1. The highest BCUT2D eigenvalue weighted by Crippen LogP contribution is 2.23. The van der Waals surface area contributed by atoms with Crippen LogP contribution in [-0.2, 0) is 6.54 Å². The van der Waals surface area contributed by atoms with E-state index in [0.717, 1.165) is 10.0 Å². The molecule has 0 aliphatic carbocycles. The largest absolute Gasteiger partial charge is 0.331 e. The van der Waals surface area contributed by atoms with Gasteiger partial charge in [0, 0.05) is 15.9 Å². The van der Waals surface area contributed by atoms with Gasteiger partial charge in [-0.15, -0.1) is 11.3 Å². The molecule has 0 saturated heterocycles. The van der Waals surface area contributed by atoms with Crippen LogP contribution < -0.4 is 5.32 Å². The van der Waals surface area contributed by atoms with Gasteiger partial charge in [0.1, 0.15) is 0 Å². The van der Waals surface area contributed by atoms with Crippen LogP contribution >= 0.6 is 27.3 Å². The summed E-state index contributed by atoms with van der Waals surface area (Å²) in [5, 5.41) is 5.09. The van der Waals surface area contributed by atoms with Crippen molar-refractivity contribution in [2.45, 2.75) is 26.4 Å². The molecule has 2 amide bonds. The molecule has 3 nitrogen and oxygen atoms in total. The lowest BCUT2D eigenvalue weighted by Crippen LogP contribution is -2.40. The van der Waals surface area contributed by atoms with Crippen LogP contribution in [0.4, 0.5) is 4.79 Å². The minimum atomic E-state index is -0.0366. The fourth-order valence-electron chi connectivity index (χ4n) is 2.10. The van der Waals surface area contributed by atoms with Crippen molar-refractivity contribution in [2.24, 2.45) is 0 Å². The number of carbonyl (C=O) groups is 1. The standard InChI is InChI=1S/C16H19BrN2OS/c1-3-19(11-13-7-6-10-21-13)16(20)18-12(2)14-8-4-5-9-15(14)17/h4-10,12H,3,11H2,1-2H3,(H,18,20). The van der Waals surface area contributed by atoms with E-state index in [2.05, 4.69) is 27.3 Å². The molecule has 2 rings (SSSR count). The number of thiophene rings is 1. The minimum Gasteiger partial charge on any atom is -0.331 e. The zero-order valence-corrected chi connectivity index (χ0v) is 14.6. The number of rotatable bonds is 5. The van der Waals surface area contributed by atoms with Crippen LogP contribution in [0.1, 0.15) is 30.3 Å². The molecule has 1 N–H and O–H groups in total. The van der Waals surface area contributed by atoms with E-state index >= 15 is 0 Å². The SMILES string of the molecule is CCN(Cc1cccs1)C(=O)NC(C)c1ccccc1Br. The minimum absolute atomic E-state index is 0.0332. The summed E-state index contributed by atoms with van der Waals surface area (Å²) in [6.07, 6.45) is 0. The van der Waals surface area contributed by atoms with E-state index in [1.165, 1.54) is 4.88 Å². The Morgan fingerprint density at radius 3 is 2.71 bits per heavy atom. The second kappa shape index (κ2) is 7.61. The third-order valence-electron chi connectivity index (χ3n) is 3.31. The van der Waals surface area contributed by atoms with Gasteiger partial charge in [0.25, 0.3) is 0 Å². The summed E-state index contributed by atoms with van der Waals surface area (Å²) in [7, 11) is 0. The highest BCUT2D eigenvalue weighted by molar-refractivity contribution is 9.10. The van der Waals surface area contributed by atoms with Crippen molar-refractivity contribution in [3.63, 3.8) is 0 Å². The summed E-state index contributed by atoms with van der Waals surface area (Å²) in [6.45, 7) is 5.34. The van der Waals surface area contributed by atoms with Crippen LogP contribution in [0, 0.1) is 0 Å². The van der Waals surface area contributed by atoms with Crippen molar-refractivity contribution in [1.82, 2.24) is 10.2 Å². The Kier molecular flexibility index (Phi) is 5.82. The molecule has 21 heavy (non-hydrogen) atoms. The Bertz CT molecular complexity index is 586. The third-order valence-corrected chi connectivity index (χ3v) is 4.89. The van der Waals surface area contributed by atoms with E-state index < -0.39 is 0 Å². The van der Waals surface area contributed by atoms with E-state index in [1.807, 2.05) is 54.5 Å². The van der Waals surface area contributed by atoms with Gasteiger partial charge >= 0.3 is 6.03 Å². The molecule has 1 heterocycles. The maximum absolute atomic E-state index is 12.4. The average molecular weight is 367 g/mol. The first-order valence-corrected chi connectivity index (χ1v) is 8.61. The number of nitrogens with one attached hydrogen (secondary N) is 1. The summed E-state index contributed by atoms with van der Waals surface area (Å²) < 4.78 is 1.01. The number of halogens is 1. The number of amides is 2. The van der Waals surface area contributed by atoms with Crippen molar-refractivity contribution in [1.29, 1.82) is 0 Å². The lowest BCUT2D eigenvalue weighted by atomic mass is 10.1. The van der Waals surface area contributed by atoms with Gasteiger partial charge < -0.3 is 10.2 Å². The first-order chi connectivity index (χ1) is 10.1. The molecular weight excluding hydrogens is 348 g/mol. The highest BCUT2D eigenvalue weighted by atomic mass is 79.9. The Morgan fingerprint density at radius 2 is 2.10 bits per heavy atom. The fourth-order valence-corrected chi connectivity index (χ4v) is 3.45. The monoisotopic (exact) mass is 366 g/mol. The van der Waals surface area contributed by atoms with Crippen LogP contribution in [0.5, 0.6) is 0 Å². The van der Waals surface area contributed by atoms with Gasteiger partial charge in [-0.2, -0.15) is 0 Å². The molecule has 1 atom stereocenters. The Balaban J connectivity index is 2.00. The third kappa shape index (κ3) is 4.32. The van der Waals surface area contributed by atoms with Gasteiger partial charge in [0.05, 0.1) is 12.6 Å². The molecule has 0 aliphatic heterocycles. The number of carbonyl (C=O) groups excluding carboxylic acids is 1. The van der Waals surface area contributed by atoms with Crippen molar-refractivity contribution in [2.75, 3.05) is 6.54 Å². The van der Waals surface area contributed by atoms with Gasteiger partial charge in [-0.05, 0) is 36.9 Å². The summed E-state index contributed by atoms with van der Waals surface area (Å²) in [4.78, 5) is 15.4. The molecule has 0 radical (unpaired) electrons. The molecule has 1 aromatic carbocycles. The quantitative estimate of drug-likeness (QED) is 0.809. The number of hydrogen-bond acceptors (Lipinski definition) is 2. The van der Waals surface area contributed by atoms with E-state index in [4.69, 9.17) is 0 Å². The summed E-state index contributed by atoms with van der Waals surface area (Å²) in [5.74, 6) is 0. The first-order valence-electron chi connectivity index (χ1n) is 6.94. The molecule has 0 aliphatic rings. The second-order valence-corrected chi connectivity index (χ2v) is 6.67. The molecule has 0 fully saturated rings. The van der Waals surface area contributed by atoms with Crippen molar-refractivity contribution in [3.8, 4) is 0 Å². The second-order valence-electron chi connectivity index (χ2n) is 4.79. The summed E-state index contributed by atoms with van der Waals surface area (Å²) >= 11 is 5.20. The number of urea groups is 1. The smallest absolute Gasteiger partial charge is 0.318 e. The predicted octanol–water partition coefficient (Wildman–Crippen LogP) is 4.80. The zero-order valence-electron chi connectivity index (χ0n) is 12.2. The molecule has 0 saturated carbocycles. The zero-order chi connectivity index (χ0) is 15.2. The topological polar surface area (TPSA) is 32.3 Å².